The van der Waals surface area contributed by atoms with Gasteiger partial charge in [0.1, 0.15) is 0 Å². The minimum atomic E-state index is 0.0341. The Kier molecular flexibility index (Phi) is 4.19. The highest BCUT2D eigenvalue weighted by Gasteiger charge is 2.38. The summed E-state index contributed by atoms with van der Waals surface area (Å²) < 4.78 is 0. The molecule has 0 aromatic heterocycles. The second-order valence-electron chi connectivity index (χ2n) is 6.57. The zero-order valence-electron chi connectivity index (χ0n) is 12.7. The van der Waals surface area contributed by atoms with Gasteiger partial charge >= 0.3 is 0 Å². The maximum atomic E-state index is 9.58. The Balaban J connectivity index is 2.24. The number of piperidine rings is 1. The van der Waals surface area contributed by atoms with Gasteiger partial charge in [-0.3, -0.25) is 0 Å². The third-order valence-corrected chi connectivity index (χ3v) is 4.72. The Morgan fingerprint density at radius 3 is 2.42 bits per heavy atom. The first kappa shape index (κ1) is 14.4. The van der Waals surface area contributed by atoms with E-state index in [0.29, 0.717) is 11.8 Å². The maximum Gasteiger partial charge on any atom is 0.0481 e. The maximum absolute atomic E-state index is 9.58. The van der Waals surface area contributed by atoms with Gasteiger partial charge in [-0.05, 0) is 50.3 Å². The highest BCUT2D eigenvalue weighted by molar-refractivity contribution is 5.51. The molecule has 0 saturated carbocycles. The number of benzene rings is 1. The van der Waals surface area contributed by atoms with E-state index in [4.69, 9.17) is 0 Å². The third-order valence-electron chi connectivity index (χ3n) is 4.72. The molecule has 1 atom stereocenters. The van der Waals surface area contributed by atoms with E-state index in [1.807, 2.05) is 0 Å². The smallest absolute Gasteiger partial charge is 0.0481 e. The molecule has 1 N–H and O–H groups in total. The van der Waals surface area contributed by atoms with E-state index >= 15 is 0 Å². The van der Waals surface area contributed by atoms with Crippen LogP contribution in [0.4, 0.5) is 5.69 Å². The van der Waals surface area contributed by atoms with Crippen molar-refractivity contribution in [1.82, 2.24) is 0 Å². The standard InChI is InChI=1S/C17H27NO/c1-13(2)14-7-9-16(10-8-14)18-11-5-6-15(12-19)17(18,3)4/h7-10,13,15,19H,5-6,11-12H2,1-4H3. The molecule has 0 spiro atoms. The molecule has 1 aliphatic rings. The normalized spacial score (nSPS) is 22.8. The van der Waals surface area contributed by atoms with E-state index in [-0.39, 0.29) is 12.1 Å². The molecular formula is C17H27NO. The first-order chi connectivity index (χ1) is 8.96. The first-order valence-electron chi connectivity index (χ1n) is 7.45. The van der Waals surface area contributed by atoms with E-state index in [1.165, 1.54) is 17.7 Å². The molecule has 2 heteroatoms. The molecule has 0 bridgehead atoms. The molecule has 0 aliphatic carbocycles. The van der Waals surface area contributed by atoms with Crippen LogP contribution in [0, 0.1) is 5.92 Å². The Morgan fingerprint density at radius 1 is 1.26 bits per heavy atom. The van der Waals surface area contributed by atoms with Crippen LogP contribution in [0.15, 0.2) is 24.3 Å². The van der Waals surface area contributed by atoms with Gasteiger partial charge < -0.3 is 10.0 Å². The van der Waals surface area contributed by atoms with Gasteiger partial charge in [0.2, 0.25) is 0 Å². The molecule has 1 aliphatic heterocycles. The van der Waals surface area contributed by atoms with Crippen molar-refractivity contribution in [3.05, 3.63) is 29.8 Å². The average Bonchev–Trinajstić information content (AvgIpc) is 2.38. The van der Waals surface area contributed by atoms with Crippen molar-refractivity contribution in [3.63, 3.8) is 0 Å². The fourth-order valence-corrected chi connectivity index (χ4v) is 3.17. The Labute approximate surface area is 117 Å². The van der Waals surface area contributed by atoms with Crippen LogP contribution in [0.1, 0.15) is 52.0 Å². The summed E-state index contributed by atoms with van der Waals surface area (Å²) >= 11 is 0. The number of nitrogens with zero attached hydrogens (tertiary/aromatic N) is 1. The molecule has 1 saturated heterocycles. The lowest BCUT2D eigenvalue weighted by Crippen LogP contribution is -2.54. The number of aliphatic hydroxyl groups is 1. The minimum Gasteiger partial charge on any atom is -0.396 e. The van der Waals surface area contributed by atoms with Gasteiger partial charge in [-0.2, -0.15) is 0 Å². The van der Waals surface area contributed by atoms with Gasteiger partial charge in [-0.25, -0.2) is 0 Å². The van der Waals surface area contributed by atoms with Crippen molar-refractivity contribution in [2.45, 2.75) is 52.0 Å². The zero-order valence-corrected chi connectivity index (χ0v) is 12.7. The van der Waals surface area contributed by atoms with E-state index in [1.54, 1.807) is 0 Å². The van der Waals surface area contributed by atoms with Gasteiger partial charge in [0.15, 0.2) is 0 Å². The fraction of sp³-hybridized carbons (Fsp3) is 0.647. The predicted molar refractivity (Wildman–Crippen MR) is 81.8 cm³/mol. The molecular weight excluding hydrogens is 234 g/mol. The van der Waals surface area contributed by atoms with Gasteiger partial charge in [0, 0.05) is 30.3 Å². The van der Waals surface area contributed by atoms with E-state index in [0.717, 1.165) is 13.0 Å². The summed E-state index contributed by atoms with van der Waals surface area (Å²) in [6.07, 6.45) is 2.30. The van der Waals surface area contributed by atoms with E-state index < -0.39 is 0 Å². The Morgan fingerprint density at radius 2 is 1.89 bits per heavy atom. The van der Waals surface area contributed by atoms with Crippen molar-refractivity contribution in [1.29, 1.82) is 0 Å². The topological polar surface area (TPSA) is 23.5 Å². The number of aliphatic hydroxyl groups excluding tert-OH is 1. The van der Waals surface area contributed by atoms with Crippen molar-refractivity contribution < 1.29 is 5.11 Å². The van der Waals surface area contributed by atoms with Crippen LogP contribution < -0.4 is 4.90 Å². The monoisotopic (exact) mass is 261 g/mol. The molecule has 1 fully saturated rings. The van der Waals surface area contributed by atoms with Crippen LogP contribution in [-0.4, -0.2) is 23.8 Å². The highest BCUT2D eigenvalue weighted by atomic mass is 16.3. The molecule has 1 aromatic rings. The van der Waals surface area contributed by atoms with Crippen molar-refractivity contribution >= 4 is 5.69 Å². The van der Waals surface area contributed by atoms with Crippen LogP contribution in [0.2, 0.25) is 0 Å². The first-order valence-corrected chi connectivity index (χ1v) is 7.45. The molecule has 2 rings (SSSR count). The lowest BCUT2D eigenvalue weighted by Gasteiger charge is -2.49. The molecule has 19 heavy (non-hydrogen) atoms. The van der Waals surface area contributed by atoms with E-state index in [2.05, 4.69) is 56.9 Å². The molecule has 0 amide bonds. The average molecular weight is 261 g/mol. The van der Waals surface area contributed by atoms with Crippen molar-refractivity contribution in [2.24, 2.45) is 5.92 Å². The quantitative estimate of drug-likeness (QED) is 0.894. The number of hydrogen-bond donors (Lipinski definition) is 1. The molecule has 1 unspecified atom stereocenters. The lowest BCUT2D eigenvalue weighted by molar-refractivity contribution is 0.136. The summed E-state index contributed by atoms with van der Waals surface area (Å²) in [7, 11) is 0. The molecule has 2 nitrogen and oxygen atoms in total. The van der Waals surface area contributed by atoms with Gasteiger partial charge in [0.05, 0.1) is 0 Å². The second kappa shape index (κ2) is 5.54. The summed E-state index contributed by atoms with van der Waals surface area (Å²) in [5.74, 6) is 0.944. The Bertz CT molecular complexity index is 408. The summed E-state index contributed by atoms with van der Waals surface area (Å²) in [6, 6.07) is 8.94. The summed E-state index contributed by atoms with van der Waals surface area (Å²) in [5, 5.41) is 9.58. The Hall–Kier alpha value is -1.02. The SMILES string of the molecule is CC(C)c1ccc(N2CCCC(CO)C2(C)C)cc1. The minimum absolute atomic E-state index is 0.0341. The molecule has 1 heterocycles. The number of rotatable bonds is 3. The van der Waals surface area contributed by atoms with Crippen LogP contribution in [-0.2, 0) is 0 Å². The molecule has 0 radical (unpaired) electrons. The number of anilines is 1. The molecule has 106 valence electrons. The van der Waals surface area contributed by atoms with Crippen LogP contribution in [0.25, 0.3) is 0 Å². The van der Waals surface area contributed by atoms with Crippen LogP contribution in [0.3, 0.4) is 0 Å². The van der Waals surface area contributed by atoms with E-state index in [9.17, 15) is 5.11 Å². The predicted octanol–water partition coefficient (Wildman–Crippen LogP) is 3.80. The summed E-state index contributed by atoms with van der Waals surface area (Å²) in [5.41, 5.74) is 2.71. The van der Waals surface area contributed by atoms with Crippen molar-refractivity contribution in [3.8, 4) is 0 Å². The summed E-state index contributed by atoms with van der Waals surface area (Å²) in [6.45, 7) is 10.3. The van der Waals surface area contributed by atoms with Crippen LogP contribution >= 0.6 is 0 Å². The lowest BCUT2D eigenvalue weighted by atomic mass is 9.79. The second-order valence-corrected chi connectivity index (χ2v) is 6.57. The third kappa shape index (κ3) is 2.79. The van der Waals surface area contributed by atoms with Gasteiger partial charge in [-0.15, -0.1) is 0 Å². The summed E-state index contributed by atoms with van der Waals surface area (Å²) in [4.78, 5) is 2.46. The van der Waals surface area contributed by atoms with Gasteiger partial charge in [-0.1, -0.05) is 26.0 Å². The highest BCUT2D eigenvalue weighted by Crippen LogP contribution is 2.36. The fourth-order valence-electron chi connectivity index (χ4n) is 3.17. The largest absolute Gasteiger partial charge is 0.396 e. The molecule has 1 aromatic carbocycles. The van der Waals surface area contributed by atoms with Crippen molar-refractivity contribution in [2.75, 3.05) is 18.1 Å². The van der Waals surface area contributed by atoms with Gasteiger partial charge in [0.25, 0.3) is 0 Å². The number of hydrogen-bond acceptors (Lipinski definition) is 2. The van der Waals surface area contributed by atoms with Crippen LogP contribution in [0.5, 0.6) is 0 Å². The zero-order chi connectivity index (χ0) is 14.0.